The fraction of sp³-hybridized carbons (Fsp3) is 0.545. The highest BCUT2D eigenvalue weighted by Gasteiger charge is 2.22. The molecule has 1 saturated carbocycles. The van der Waals surface area contributed by atoms with Gasteiger partial charge in [0.2, 0.25) is 0 Å². The van der Waals surface area contributed by atoms with Crippen molar-refractivity contribution >= 4 is 21.7 Å². The molecule has 0 spiro atoms. The molecule has 2 atom stereocenters. The second kappa shape index (κ2) is 4.94. The molecule has 0 saturated heterocycles. The van der Waals surface area contributed by atoms with Gasteiger partial charge in [-0.25, -0.2) is 4.98 Å². The Labute approximate surface area is 98.6 Å². The van der Waals surface area contributed by atoms with Crippen molar-refractivity contribution in [3.63, 3.8) is 0 Å². The molecule has 0 bridgehead atoms. The largest absolute Gasteiger partial charge is 0.365 e. The Balaban J connectivity index is 2.04. The van der Waals surface area contributed by atoms with Gasteiger partial charge in [-0.05, 0) is 40.9 Å². The third kappa shape index (κ3) is 2.69. The van der Waals surface area contributed by atoms with Crippen molar-refractivity contribution in [3.8, 4) is 0 Å². The second-order valence-corrected chi connectivity index (χ2v) is 4.89. The lowest BCUT2D eigenvalue weighted by Crippen LogP contribution is -2.42. The van der Waals surface area contributed by atoms with Crippen LogP contribution in [0.15, 0.2) is 22.8 Å². The number of halogens is 1. The molecule has 4 heteroatoms. The first kappa shape index (κ1) is 10.9. The lowest BCUT2D eigenvalue weighted by atomic mass is 9.91. The van der Waals surface area contributed by atoms with Crippen LogP contribution < -0.4 is 11.1 Å². The molecule has 2 unspecified atom stereocenters. The smallest absolute Gasteiger partial charge is 0.140 e. The normalized spacial score (nSPS) is 26.3. The highest BCUT2D eigenvalue weighted by molar-refractivity contribution is 9.10. The third-order valence-electron chi connectivity index (χ3n) is 2.90. The molecule has 1 aliphatic rings. The molecular formula is C11H16BrN3. The van der Waals surface area contributed by atoms with E-state index in [4.69, 9.17) is 5.73 Å². The number of nitrogens with two attached hydrogens (primary N) is 1. The Hall–Kier alpha value is -0.610. The summed E-state index contributed by atoms with van der Waals surface area (Å²) in [5, 5.41) is 3.42. The topological polar surface area (TPSA) is 50.9 Å². The fourth-order valence-electron chi connectivity index (χ4n) is 2.01. The van der Waals surface area contributed by atoms with Crippen LogP contribution in [0.2, 0.25) is 0 Å². The first-order chi connectivity index (χ1) is 7.27. The van der Waals surface area contributed by atoms with Gasteiger partial charge in [-0.3, -0.25) is 0 Å². The molecule has 3 nitrogen and oxygen atoms in total. The van der Waals surface area contributed by atoms with Gasteiger partial charge in [0.15, 0.2) is 0 Å². The fourth-order valence-corrected chi connectivity index (χ4v) is 2.38. The van der Waals surface area contributed by atoms with Crippen LogP contribution in [0.5, 0.6) is 0 Å². The molecule has 0 aromatic carbocycles. The zero-order valence-corrected chi connectivity index (χ0v) is 10.2. The molecular weight excluding hydrogens is 254 g/mol. The minimum absolute atomic E-state index is 0.257. The predicted octanol–water partition coefficient (Wildman–Crippen LogP) is 2.53. The average molecular weight is 270 g/mol. The van der Waals surface area contributed by atoms with E-state index in [1.54, 1.807) is 6.20 Å². The standard InChI is InChI=1S/C11H16BrN3/c12-8-4-3-7-14-11(8)15-10-6-2-1-5-9(10)13/h3-4,7,9-10H,1-2,5-6,13H2,(H,14,15). The van der Waals surface area contributed by atoms with Crippen molar-refractivity contribution in [3.05, 3.63) is 22.8 Å². The Kier molecular flexibility index (Phi) is 3.59. The number of nitrogens with zero attached hydrogens (tertiary/aromatic N) is 1. The monoisotopic (exact) mass is 269 g/mol. The number of hydrogen-bond donors (Lipinski definition) is 2. The quantitative estimate of drug-likeness (QED) is 0.868. The summed E-state index contributed by atoms with van der Waals surface area (Å²) >= 11 is 3.48. The summed E-state index contributed by atoms with van der Waals surface area (Å²) in [7, 11) is 0. The summed E-state index contributed by atoms with van der Waals surface area (Å²) in [6.07, 6.45) is 6.56. The molecule has 0 aliphatic heterocycles. The van der Waals surface area contributed by atoms with Crippen molar-refractivity contribution in [1.82, 2.24) is 4.98 Å². The third-order valence-corrected chi connectivity index (χ3v) is 3.54. The van der Waals surface area contributed by atoms with Crippen molar-refractivity contribution in [2.75, 3.05) is 5.32 Å². The maximum absolute atomic E-state index is 6.07. The summed E-state index contributed by atoms with van der Waals surface area (Å²) < 4.78 is 1.00. The van der Waals surface area contributed by atoms with E-state index in [0.717, 1.165) is 23.1 Å². The van der Waals surface area contributed by atoms with E-state index in [-0.39, 0.29) is 6.04 Å². The first-order valence-electron chi connectivity index (χ1n) is 5.40. The number of rotatable bonds is 2. The Morgan fingerprint density at radius 1 is 1.40 bits per heavy atom. The Morgan fingerprint density at radius 2 is 2.20 bits per heavy atom. The van der Waals surface area contributed by atoms with Gasteiger partial charge in [0.1, 0.15) is 5.82 Å². The predicted molar refractivity (Wildman–Crippen MR) is 65.8 cm³/mol. The van der Waals surface area contributed by atoms with E-state index in [2.05, 4.69) is 26.2 Å². The van der Waals surface area contributed by atoms with Crippen LogP contribution in [-0.2, 0) is 0 Å². The van der Waals surface area contributed by atoms with E-state index < -0.39 is 0 Å². The van der Waals surface area contributed by atoms with Crippen LogP contribution in [0, 0.1) is 0 Å². The molecule has 1 heterocycles. The average Bonchev–Trinajstić information content (AvgIpc) is 2.24. The van der Waals surface area contributed by atoms with E-state index in [0.29, 0.717) is 6.04 Å². The Bertz CT molecular complexity index is 329. The minimum Gasteiger partial charge on any atom is -0.365 e. The van der Waals surface area contributed by atoms with Crippen molar-refractivity contribution in [2.45, 2.75) is 37.8 Å². The van der Waals surface area contributed by atoms with Gasteiger partial charge in [-0.2, -0.15) is 0 Å². The number of pyridine rings is 1. The van der Waals surface area contributed by atoms with E-state index in [1.807, 2.05) is 12.1 Å². The van der Waals surface area contributed by atoms with Crippen LogP contribution in [-0.4, -0.2) is 17.1 Å². The van der Waals surface area contributed by atoms with Crippen molar-refractivity contribution in [2.24, 2.45) is 5.73 Å². The van der Waals surface area contributed by atoms with E-state index in [9.17, 15) is 0 Å². The number of anilines is 1. The zero-order valence-electron chi connectivity index (χ0n) is 8.62. The zero-order chi connectivity index (χ0) is 10.7. The van der Waals surface area contributed by atoms with Gasteiger partial charge in [0.25, 0.3) is 0 Å². The maximum Gasteiger partial charge on any atom is 0.140 e. The highest BCUT2D eigenvalue weighted by Crippen LogP contribution is 2.24. The molecule has 1 aromatic heterocycles. The molecule has 1 aliphatic carbocycles. The van der Waals surface area contributed by atoms with Crippen LogP contribution in [0.25, 0.3) is 0 Å². The van der Waals surface area contributed by atoms with Crippen LogP contribution in [0.1, 0.15) is 25.7 Å². The summed E-state index contributed by atoms with van der Waals surface area (Å²) in [5.41, 5.74) is 6.07. The van der Waals surface area contributed by atoms with Gasteiger partial charge < -0.3 is 11.1 Å². The molecule has 15 heavy (non-hydrogen) atoms. The summed E-state index contributed by atoms with van der Waals surface area (Å²) in [4.78, 5) is 4.29. The second-order valence-electron chi connectivity index (χ2n) is 4.03. The van der Waals surface area contributed by atoms with Crippen LogP contribution in [0.3, 0.4) is 0 Å². The lowest BCUT2D eigenvalue weighted by Gasteiger charge is -2.29. The van der Waals surface area contributed by atoms with Gasteiger partial charge in [-0.15, -0.1) is 0 Å². The van der Waals surface area contributed by atoms with Crippen LogP contribution in [0.4, 0.5) is 5.82 Å². The molecule has 82 valence electrons. The van der Waals surface area contributed by atoms with Gasteiger partial charge in [0, 0.05) is 18.3 Å². The minimum atomic E-state index is 0.257. The molecule has 2 rings (SSSR count). The molecule has 0 amide bonds. The van der Waals surface area contributed by atoms with Crippen molar-refractivity contribution < 1.29 is 0 Å². The maximum atomic E-state index is 6.07. The first-order valence-corrected chi connectivity index (χ1v) is 6.19. The SMILES string of the molecule is NC1CCCCC1Nc1ncccc1Br. The van der Waals surface area contributed by atoms with E-state index >= 15 is 0 Å². The number of hydrogen-bond acceptors (Lipinski definition) is 3. The summed E-state index contributed by atoms with van der Waals surface area (Å²) in [6, 6.07) is 4.53. The summed E-state index contributed by atoms with van der Waals surface area (Å²) in [6.45, 7) is 0. The van der Waals surface area contributed by atoms with Crippen LogP contribution >= 0.6 is 15.9 Å². The molecule has 1 fully saturated rings. The lowest BCUT2D eigenvalue weighted by molar-refractivity contribution is 0.403. The van der Waals surface area contributed by atoms with Gasteiger partial charge in [0.05, 0.1) is 4.47 Å². The molecule has 3 N–H and O–H groups in total. The highest BCUT2D eigenvalue weighted by atomic mass is 79.9. The van der Waals surface area contributed by atoms with Gasteiger partial charge in [-0.1, -0.05) is 12.8 Å². The van der Waals surface area contributed by atoms with Gasteiger partial charge >= 0.3 is 0 Å². The Morgan fingerprint density at radius 3 is 2.93 bits per heavy atom. The number of nitrogens with one attached hydrogen (secondary N) is 1. The van der Waals surface area contributed by atoms with E-state index in [1.165, 1.54) is 12.8 Å². The summed E-state index contributed by atoms with van der Waals surface area (Å²) in [5.74, 6) is 0.903. The molecule has 0 radical (unpaired) electrons. The number of aromatic nitrogens is 1. The van der Waals surface area contributed by atoms with Crippen molar-refractivity contribution in [1.29, 1.82) is 0 Å². The molecule has 1 aromatic rings.